The summed E-state index contributed by atoms with van der Waals surface area (Å²) in [7, 11) is 0. The first kappa shape index (κ1) is 32.8. The number of imidazole rings is 1. The number of hydrogen-bond acceptors (Lipinski definition) is 9. The summed E-state index contributed by atoms with van der Waals surface area (Å²) in [4.78, 5) is 30.2. The maximum absolute atomic E-state index is 13.9. The minimum absolute atomic E-state index is 0.0433. The number of likely N-dealkylation sites (tertiary alicyclic amines) is 1. The minimum atomic E-state index is -0.434. The summed E-state index contributed by atoms with van der Waals surface area (Å²) in [5.41, 5.74) is 9.66. The predicted molar refractivity (Wildman–Crippen MR) is 188 cm³/mol. The Kier molecular flexibility index (Phi) is 9.11. The molecular formula is C38H44N8O3. The van der Waals surface area contributed by atoms with Gasteiger partial charge in [0.25, 0.3) is 5.91 Å². The molecule has 1 atom stereocenters. The fourth-order valence-corrected chi connectivity index (χ4v) is 7.38. The number of nitrogen functional groups attached to an aromatic ring is 1. The number of aromatic nitrogens is 3. The minimum Gasteiger partial charge on any atom is -0.457 e. The van der Waals surface area contributed by atoms with Crippen LogP contribution in [0.3, 0.4) is 0 Å². The third kappa shape index (κ3) is 6.64. The molecule has 1 amide bonds. The predicted octanol–water partition coefficient (Wildman–Crippen LogP) is 5.03. The monoisotopic (exact) mass is 660 g/mol. The van der Waals surface area contributed by atoms with Crippen molar-refractivity contribution in [2.45, 2.75) is 51.1 Å². The summed E-state index contributed by atoms with van der Waals surface area (Å²) < 4.78 is 13.5. The number of nitriles is 1. The lowest BCUT2D eigenvalue weighted by Gasteiger charge is -2.46. The van der Waals surface area contributed by atoms with Gasteiger partial charge >= 0.3 is 0 Å². The van der Waals surface area contributed by atoms with E-state index in [1.807, 2.05) is 77.0 Å². The number of carbonyl (C=O) groups is 1. The fraction of sp³-hybridized carbons (Fsp3) is 0.421. The van der Waals surface area contributed by atoms with Gasteiger partial charge in [-0.1, -0.05) is 18.2 Å². The van der Waals surface area contributed by atoms with E-state index in [0.717, 1.165) is 91.9 Å². The Morgan fingerprint density at radius 3 is 2.55 bits per heavy atom. The van der Waals surface area contributed by atoms with Crippen LogP contribution in [0.4, 0.5) is 5.82 Å². The summed E-state index contributed by atoms with van der Waals surface area (Å²) in [5, 5.41) is 10.2. The number of nitrogens with two attached hydrogens (primary N) is 1. The molecule has 49 heavy (non-hydrogen) atoms. The highest BCUT2D eigenvalue weighted by atomic mass is 16.5. The Bertz CT molecular complexity index is 1900. The highest BCUT2D eigenvalue weighted by molar-refractivity contribution is 5.97. The zero-order valence-electron chi connectivity index (χ0n) is 28.5. The second-order valence-electron chi connectivity index (χ2n) is 13.9. The molecule has 0 radical (unpaired) electrons. The average Bonchev–Trinajstić information content (AvgIpc) is 3.48. The van der Waals surface area contributed by atoms with Gasteiger partial charge in [0.15, 0.2) is 0 Å². The van der Waals surface area contributed by atoms with Crippen molar-refractivity contribution in [1.29, 1.82) is 5.26 Å². The number of piperazine rings is 1. The van der Waals surface area contributed by atoms with Gasteiger partial charge < -0.3 is 20.1 Å². The molecular weight excluding hydrogens is 616 g/mol. The summed E-state index contributed by atoms with van der Waals surface area (Å²) >= 11 is 0. The first-order chi connectivity index (χ1) is 23.7. The van der Waals surface area contributed by atoms with Crippen LogP contribution in [0.2, 0.25) is 0 Å². The van der Waals surface area contributed by atoms with Gasteiger partial charge in [0.1, 0.15) is 46.0 Å². The number of amides is 1. The van der Waals surface area contributed by atoms with Gasteiger partial charge in [-0.3, -0.25) is 19.0 Å². The van der Waals surface area contributed by atoms with Crippen LogP contribution in [-0.2, 0) is 9.53 Å². The van der Waals surface area contributed by atoms with E-state index in [4.69, 9.17) is 20.2 Å². The molecule has 1 unspecified atom stereocenters. The second-order valence-corrected chi connectivity index (χ2v) is 13.9. The summed E-state index contributed by atoms with van der Waals surface area (Å²) in [5.74, 6) is 2.46. The maximum atomic E-state index is 13.9. The van der Waals surface area contributed by atoms with Crippen molar-refractivity contribution in [3.05, 3.63) is 84.0 Å². The third-order valence-electron chi connectivity index (χ3n) is 10.2. The number of benzene rings is 2. The number of piperidine rings is 1. The molecule has 0 saturated carbocycles. The molecule has 0 spiro atoms. The highest BCUT2D eigenvalue weighted by Crippen LogP contribution is 2.37. The summed E-state index contributed by atoms with van der Waals surface area (Å²) in [6.07, 6.45) is 7.11. The number of carbonyl (C=O) groups excluding carboxylic acids is 1. The van der Waals surface area contributed by atoms with Crippen molar-refractivity contribution in [1.82, 2.24) is 29.1 Å². The molecule has 0 aliphatic carbocycles. The molecule has 4 aromatic rings. The Morgan fingerprint density at radius 2 is 1.86 bits per heavy atom. The molecule has 0 bridgehead atoms. The van der Waals surface area contributed by atoms with Gasteiger partial charge in [-0.25, -0.2) is 9.97 Å². The number of aryl methyl sites for hydroxylation is 1. The molecule has 3 aliphatic heterocycles. The molecule has 3 aliphatic rings. The Hall–Kier alpha value is -4.76. The molecule has 254 valence electrons. The van der Waals surface area contributed by atoms with Crippen molar-refractivity contribution in [3.63, 3.8) is 0 Å². The Labute approximate surface area is 287 Å². The van der Waals surface area contributed by atoms with Crippen LogP contribution < -0.4 is 10.5 Å². The number of para-hydroxylation sites is 1. The van der Waals surface area contributed by atoms with Crippen LogP contribution in [-0.4, -0.2) is 99.0 Å². The largest absolute Gasteiger partial charge is 0.457 e. The van der Waals surface area contributed by atoms with Gasteiger partial charge in [-0.15, -0.1) is 0 Å². The van der Waals surface area contributed by atoms with E-state index in [-0.39, 0.29) is 17.4 Å². The zero-order valence-corrected chi connectivity index (χ0v) is 28.5. The van der Waals surface area contributed by atoms with E-state index in [1.54, 1.807) is 6.20 Å². The van der Waals surface area contributed by atoms with Crippen LogP contribution >= 0.6 is 0 Å². The number of hydrogen-bond donors (Lipinski definition) is 1. The van der Waals surface area contributed by atoms with E-state index in [9.17, 15) is 10.1 Å². The SMILES string of the molecule is Cc1cc(Oc2ccccc2)ccc1-c1nc(C2CCCN(C(=O)C(C#N)=CC(C)(C)N3CCN(C4COC4)CC3)C2)n2ccnc(N)c12. The van der Waals surface area contributed by atoms with Gasteiger partial charge in [0.05, 0.1) is 19.3 Å². The molecule has 11 heteroatoms. The molecule has 2 aromatic heterocycles. The topological polar surface area (TPSA) is 125 Å². The second kappa shape index (κ2) is 13.6. The van der Waals surface area contributed by atoms with Gasteiger partial charge in [-0.2, -0.15) is 5.26 Å². The summed E-state index contributed by atoms with van der Waals surface area (Å²) in [6.45, 7) is 12.6. The molecule has 5 heterocycles. The average molecular weight is 661 g/mol. The smallest absolute Gasteiger partial charge is 0.264 e. The molecule has 2 aromatic carbocycles. The van der Waals surface area contributed by atoms with Crippen molar-refractivity contribution >= 4 is 17.2 Å². The summed E-state index contributed by atoms with van der Waals surface area (Å²) in [6, 6.07) is 18.4. The van der Waals surface area contributed by atoms with Crippen molar-refractivity contribution in [2.75, 3.05) is 58.2 Å². The van der Waals surface area contributed by atoms with Crippen LogP contribution in [0, 0.1) is 18.3 Å². The van der Waals surface area contributed by atoms with Crippen LogP contribution in [0.15, 0.2) is 72.6 Å². The lowest BCUT2D eigenvalue weighted by Crippen LogP contribution is -2.59. The Balaban J connectivity index is 1.11. The number of ether oxygens (including phenoxy) is 2. The lowest BCUT2D eigenvalue weighted by molar-refractivity contribution is -0.128. The zero-order chi connectivity index (χ0) is 34.1. The fourth-order valence-electron chi connectivity index (χ4n) is 7.38. The van der Waals surface area contributed by atoms with Crippen molar-refractivity contribution < 1.29 is 14.3 Å². The number of nitrogens with zero attached hydrogens (tertiary/aromatic N) is 7. The molecule has 2 N–H and O–H groups in total. The molecule has 3 saturated heterocycles. The van der Waals surface area contributed by atoms with Gasteiger partial charge in [-0.05, 0) is 75.6 Å². The molecule has 11 nitrogen and oxygen atoms in total. The first-order valence-electron chi connectivity index (χ1n) is 17.2. The van der Waals surface area contributed by atoms with E-state index >= 15 is 0 Å². The lowest BCUT2D eigenvalue weighted by atomic mass is 9.94. The van der Waals surface area contributed by atoms with Gasteiger partial charge in [0.2, 0.25) is 0 Å². The molecule has 7 rings (SSSR count). The van der Waals surface area contributed by atoms with Gasteiger partial charge in [0, 0.05) is 68.7 Å². The van der Waals surface area contributed by atoms with E-state index in [1.165, 1.54) is 0 Å². The van der Waals surface area contributed by atoms with E-state index < -0.39 is 5.54 Å². The van der Waals surface area contributed by atoms with Crippen LogP contribution in [0.25, 0.3) is 16.8 Å². The highest BCUT2D eigenvalue weighted by Gasteiger charge is 2.35. The van der Waals surface area contributed by atoms with Crippen molar-refractivity contribution in [2.24, 2.45) is 0 Å². The van der Waals surface area contributed by atoms with E-state index in [2.05, 4.69) is 34.7 Å². The molecule has 3 fully saturated rings. The first-order valence-corrected chi connectivity index (χ1v) is 17.2. The van der Waals surface area contributed by atoms with Crippen molar-refractivity contribution in [3.8, 4) is 28.8 Å². The normalized spacial score (nSPS) is 19.8. The number of fused-ring (bicyclic) bond motifs is 1. The number of rotatable bonds is 8. The maximum Gasteiger partial charge on any atom is 0.264 e. The van der Waals surface area contributed by atoms with Crippen LogP contribution in [0.5, 0.6) is 11.5 Å². The quantitative estimate of drug-likeness (QED) is 0.205. The Morgan fingerprint density at radius 1 is 1.08 bits per heavy atom. The third-order valence-corrected chi connectivity index (χ3v) is 10.2. The standard InChI is InChI=1S/C38H44N8O3/c1-26-20-31(49-30-9-5-4-6-10-30)11-12-32(26)33-34-35(40)41-13-15-46(34)36(42-33)27-8-7-14-44(23-27)37(47)28(22-39)21-38(2,3)45-18-16-43(17-19-45)29-24-48-25-29/h4-6,9-13,15,20-21,27,29H,7-8,14,16-19,23-25H2,1-3H3,(H2,40,41). The number of anilines is 1. The van der Waals surface area contributed by atoms with Crippen LogP contribution in [0.1, 0.15) is 44.0 Å². The van der Waals surface area contributed by atoms with E-state index in [0.29, 0.717) is 24.9 Å².